The molecule has 122 valence electrons. The number of anilines is 1. The number of methoxy groups -OCH3 is 2. The van der Waals surface area contributed by atoms with E-state index in [1.807, 2.05) is 48.5 Å². The molecule has 0 aromatic heterocycles. The maximum atomic E-state index is 11.8. The van der Waals surface area contributed by atoms with Gasteiger partial charge in [0.1, 0.15) is 11.5 Å². The number of hydrogen-bond donors (Lipinski definition) is 2. The first-order valence-corrected chi connectivity index (χ1v) is 7.49. The van der Waals surface area contributed by atoms with Crippen LogP contribution in [0.4, 0.5) is 5.69 Å². The van der Waals surface area contributed by atoms with Crippen molar-refractivity contribution in [3.63, 3.8) is 0 Å². The van der Waals surface area contributed by atoms with Crippen LogP contribution in [0.15, 0.2) is 48.5 Å². The molecule has 1 amide bonds. The maximum Gasteiger partial charge on any atom is 0.239 e. The summed E-state index contributed by atoms with van der Waals surface area (Å²) in [5, 5.41) is 5.97. The Morgan fingerprint density at radius 1 is 1.00 bits per heavy atom. The number of hydrogen-bond acceptors (Lipinski definition) is 4. The van der Waals surface area contributed by atoms with Gasteiger partial charge in [-0.15, -0.1) is 0 Å². The third-order valence-electron chi connectivity index (χ3n) is 3.41. The Labute approximate surface area is 136 Å². The largest absolute Gasteiger partial charge is 0.497 e. The Morgan fingerprint density at radius 2 is 1.74 bits per heavy atom. The number of rotatable bonds is 8. The lowest BCUT2D eigenvalue weighted by Gasteiger charge is -2.09. The van der Waals surface area contributed by atoms with E-state index in [0.717, 1.165) is 29.2 Å². The number of carbonyl (C=O) groups excluding carboxylic acids is 1. The molecule has 0 aliphatic carbocycles. The lowest BCUT2D eigenvalue weighted by Crippen LogP contribution is -2.31. The molecule has 0 atom stereocenters. The smallest absolute Gasteiger partial charge is 0.239 e. The van der Waals surface area contributed by atoms with Crippen LogP contribution in [0.3, 0.4) is 0 Å². The molecule has 0 unspecified atom stereocenters. The predicted molar refractivity (Wildman–Crippen MR) is 91.2 cm³/mol. The summed E-state index contributed by atoms with van der Waals surface area (Å²) in [5.41, 5.74) is 2.02. The Morgan fingerprint density at radius 3 is 2.43 bits per heavy atom. The molecule has 23 heavy (non-hydrogen) atoms. The fraction of sp³-hybridized carbons (Fsp3) is 0.278. The Balaban J connectivity index is 1.70. The number of nitrogens with one attached hydrogen (secondary N) is 2. The topological polar surface area (TPSA) is 59.6 Å². The fourth-order valence-corrected chi connectivity index (χ4v) is 2.13. The van der Waals surface area contributed by atoms with Crippen LogP contribution >= 0.6 is 0 Å². The number of amides is 1. The summed E-state index contributed by atoms with van der Waals surface area (Å²) in [7, 11) is 3.27. The van der Waals surface area contributed by atoms with Gasteiger partial charge < -0.3 is 20.1 Å². The minimum Gasteiger partial charge on any atom is -0.497 e. The number of carbonyl (C=O) groups is 1. The van der Waals surface area contributed by atoms with Crippen molar-refractivity contribution in [2.45, 2.75) is 6.42 Å². The van der Waals surface area contributed by atoms with Gasteiger partial charge in [-0.2, -0.15) is 0 Å². The van der Waals surface area contributed by atoms with Crippen molar-refractivity contribution in [2.24, 2.45) is 0 Å². The molecule has 5 heteroatoms. The molecule has 0 saturated heterocycles. The van der Waals surface area contributed by atoms with E-state index < -0.39 is 0 Å². The van der Waals surface area contributed by atoms with Crippen molar-refractivity contribution < 1.29 is 14.3 Å². The molecular weight excluding hydrogens is 292 g/mol. The van der Waals surface area contributed by atoms with E-state index in [9.17, 15) is 4.79 Å². The van der Waals surface area contributed by atoms with E-state index >= 15 is 0 Å². The highest BCUT2D eigenvalue weighted by Crippen LogP contribution is 2.14. The Kier molecular flexibility index (Phi) is 6.29. The molecule has 0 aliphatic rings. The third kappa shape index (κ3) is 5.54. The Hall–Kier alpha value is -2.69. The highest BCUT2D eigenvalue weighted by atomic mass is 16.5. The van der Waals surface area contributed by atoms with Crippen molar-refractivity contribution in [1.29, 1.82) is 0 Å². The lowest BCUT2D eigenvalue weighted by molar-refractivity contribution is -0.119. The standard InChI is InChI=1S/C18H22N2O3/c1-22-16-8-6-15(7-9-16)20-13-18(21)19-11-10-14-4-3-5-17(12-14)23-2/h3-9,12,20H,10-11,13H2,1-2H3,(H,19,21). The summed E-state index contributed by atoms with van der Waals surface area (Å²) >= 11 is 0. The van der Waals surface area contributed by atoms with Gasteiger partial charge in [0, 0.05) is 12.2 Å². The second-order valence-electron chi connectivity index (χ2n) is 5.03. The van der Waals surface area contributed by atoms with E-state index in [2.05, 4.69) is 10.6 Å². The van der Waals surface area contributed by atoms with Crippen LogP contribution in [0.2, 0.25) is 0 Å². The molecule has 0 saturated carbocycles. The van der Waals surface area contributed by atoms with Crippen molar-refractivity contribution >= 4 is 11.6 Å². The average molecular weight is 314 g/mol. The van der Waals surface area contributed by atoms with Gasteiger partial charge in [-0.3, -0.25) is 4.79 Å². The zero-order chi connectivity index (χ0) is 16.5. The second-order valence-corrected chi connectivity index (χ2v) is 5.03. The average Bonchev–Trinajstić information content (AvgIpc) is 2.60. The molecule has 0 spiro atoms. The molecule has 0 heterocycles. The van der Waals surface area contributed by atoms with E-state index in [0.29, 0.717) is 6.54 Å². The van der Waals surface area contributed by atoms with Gasteiger partial charge in [0.05, 0.1) is 20.8 Å². The second kappa shape index (κ2) is 8.68. The molecule has 0 fully saturated rings. The molecular formula is C18H22N2O3. The van der Waals surface area contributed by atoms with Crippen LogP contribution in [0.5, 0.6) is 11.5 Å². The minimum absolute atomic E-state index is 0.0382. The molecule has 0 aliphatic heterocycles. The molecule has 2 aromatic rings. The molecule has 2 N–H and O–H groups in total. The molecule has 0 radical (unpaired) electrons. The quantitative estimate of drug-likeness (QED) is 0.786. The van der Waals surface area contributed by atoms with E-state index in [1.165, 1.54) is 0 Å². The third-order valence-corrected chi connectivity index (χ3v) is 3.41. The van der Waals surface area contributed by atoms with Gasteiger partial charge >= 0.3 is 0 Å². The Bertz CT molecular complexity index is 626. The first kappa shape index (κ1) is 16.7. The lowest BCUT2D eigenvalue weighted by atomic mass is 10.1. The normalized spacial score (nSPS) is 10.0. The van der Waals surface area contributed by atoms with Crippen LogP contribution in [-0.4, -0.2) is 33.2 Å². The zero-order valence-corrected chi connectivity index (χ0v) is 13.5. The zero-order valence-electron chi connectivity index (χ0n) is 13.5. The first-order chi connectivity index (χ1) is 11.2. The number of ether oxygens (including phenoxy) is 2. The van der Waals surface area contributed by atoms with Crippen LogP contribution in [0, 0.1) is 0 Å². The summed E-state index contributed by atoms with van der Waals surface area (Å²) in [6.45, 7) is 0.834. The van der Waals surface area contributed by atoms with Gasteiger partial charge in [-0.05, 0) is 48.4 Å². The summed E-state index contributed by atoms with van der Waals surface area (Å²) < 4.78 is 10.3. The highest BCUT2D eigenvalue weighted by molar-refractivity contribution is 5.80. The molecule has 0 bridgehead atoms. The van der Waals surface area contributed by atoms with E-state index in [4.69, 9.17) is 9.47 Å². The van der Waals surface area contributed by atoms with Gasteiger partial charge in [0.25, 0.3) is 0 Å². The maximum absolute atomic E-state index is 11.8. The van der Waals surface area contributed by atoms with Crippen LogP contribution < -0.4 is 20.1 Å². The molecule has 2 rings (SSSR count). The van der Waals surface area contributed by atoms with Gasteiger partial charge in [0.2, 0.25) is 5.91 Å². The van der Waals surface area contributed by atoms with Gasteiger partial charge in [-0.25, -0.2) is 0 Å². The summed E-state index contributed by atoms with van der Waals surface area (Å²) in [6.07, 6.45) is 0.769. The van der Waals surface area contributed by atoms with Gasteiger partial charge in [-0.1, -0.05) is 12.1 Å². The van der Waals surface area contributed by atoms with Crippen molar-refractivity contribution in [3.8, 4) is 11.5 Å². The summed E-state index contributed by atoms with van der Waals surface area (Å²) in [4.78, 5) is 11.8. The highest BCUT2D eigenvalue weighted by Gasteiger charge is 2.02. The first-order valence-electron chi connectivity index (χ1n) is 7.49. The van der Waals surface area contributed by atoms with Crippen LogP contribution in [0.25, 0.3) is 0 Å². The minimum atomic E-state index is -0.0382. The number of benzene rings is 2. The van der Waals surface area contributed by atoms with E-state index in [1.54, 1.807) is 14.2 Å². The van der Waals surface area contributed by atoms with Crippen molar-refractivity contribution in [2.75, 3.05) is 32.6 Å². The van der Waals surface area contributed by atoms with Crippen LogP contribution in [-0.2, 0) is 11.2 Å². The van der Waals surface area contributed by atoms with Crippen molar-refractivity contribution in [3.05, 3.63) is 54.1 Å². The summed E-state index contributed by atoms with van der Waals surface area (Å²) in [6, 6.07) is 15.3. The fourth-order valence-electron chi connectivity index (χ4n) is 2.13. The van der Waals surface area contributed by atoms with Crippen molar-refractivity contribution in [1.82, 2.24) is 5.32 Å². The van der Waals surface area contributed by atoms with E-state index in [-0.39, 0.29) is 12.5 Å². The summed E-state index contributed by atoms with van der Waals surface area (Å²) in [5.74, 6) is 1.58. The molecule has 2 aromatic carbocycles. The SMILES string of the molecule is COc1ccc(NCC(=O)NCCc2cccc(OC)c2)cc1. The monoisotopic (exact) mass is 314 g/mol. The van der Waals surface area contributed by atoms with Gasteiger partial charge in [0.15, 0.2) is 0 Å². The molecule has 5 nitrogen and oxygen atoms in total. The predicted octanol–water partition coefficient (Wildman–Crippen LogP) is 2.47. The van der Waals surface area contributed by atoms with Crippen LogP contribution in [0.1, 0.15) is 5.56 Å².